The van der Waals surface area contributed by atoms with Crippen molar-refractivity contribution in [3.05, 3.63) is 65.7 Å². The normalized spacial score (nSPS) is 10.8. The summed E-state index contributed by atoms with van der Waals surface area (Å²) in [7, 11) is -4.41. The van der Waals surface area contributed by atoms with Crippen LogP contribution >= 0.6 is 11.6 Å². The summed E-state index contributed by atoms with van der Waals surface area (Å²) in [4.78, 5) is -0.444. The Bertz CT molecular complexity index is 961. The van der Waals surface area contributed by atoms with E-state index in [0.717, 1.165) is 5.69 Å². The Morgan fingerprint density at radius 1 is 0.958 bits per heavy atom. The molecule has 5 N–H and O–H groups in total. The van der Waals surface area contributed by atoms with Crippen molar-refractivity contribution in [2.24, 2.45) is 5.84 Å². The highest BCUT2D eigenvalue weighted by Crippen LogP contribution is 2.30. The number of fused-ring (bicyclic) bond motifs is 1. The molecule has 6 nitrogen and oxygen atoms in total. The second-order valence-corrected chi connectivity index (χ2v) is 6.50. The smallest absolute Gasteiger partial charge is 0.298 e. The number of aromatic hydroxyl groups is 1. The van der Waals surface area contributed by atoms with Crippen molar-refractivity contribution in [3.63, 3.8) is 0 Å². The summed E-state index contributed by atoms with van der Waals surface area (Å²) >= 11 is 5.68. The molecule has 0 unspecified atom stereocenters. The lowest BCUT2D eigenvalue weighted by Gasteiger charge is -2.05. The van der Waals surface area contributed by atoms with Crippen LogP contribution in [-0.2, 0) is 10.1 Å². The fourth-order valence-electron chi connectivity index (χ4n) is 2.08. The Hall–Kier alpha value is -2.32. The van der Waals surface area contributed by atoms with Gasteiger partial charge in [0.05, 0.1) is 10.7 Å². The molecule has 3 rings (SSSR count). The fourth-order valence-corrected chi connectivity index (χ4v) is 3.07. The van der Waals surface area contributed by atoms with Gasteiger partial charge in [-0.25, -0.2) is 0 Å². The standard InChI is InChI=1S/C10H8O4S.C6H7ClN2/c11-9-6-5-7-3-1-2-4-8(7)10(9)15(12,13)14;7-5-3-1-2-4-6(5)9-8/h1-6,11H,(H,12,13,14);1-4,9H,8H2. The second-order valence-electron chi connectivity index (χ2n) is 4.73. The van der Waals surface area contributed by atoms with Gasteiger partial charge in [-0.15, -0.1) is 0 Å². The lowest BCUT2D eigenvalue weighted by atomic mass is 10.1. The molecule has 0 heterocycles. The van der Waals surface area contributed by atoms with E-state index in [4.69, 9.17) is 22.0 Å². The zero-order chi connectivity index (χ0) is 17.7. The van der Waals surface area contributed by atoms with Crippen molar-refractivity contribution in [1.29, 1.82) is 0 Å². The van der Waals surface area contributed by atoms with E-state index < -0.39 is 20.8 Å². The number of phenolic OH excluding ortho intramolecular Hbond substituents is 1. The predicted octanol–water partition coefficient (Wildman–Crippen LogP) is 3.42. The minimum Gasteiger partial charge on any atom is -0.506 e. The number of halogens is 1. The van der Waals surface area contributed by atoms with Crippen LogP contribution in [0, 0.1) is 0 Å². The van der Waals surface area contributed by atoms with Crippen molar-refractivity contribution in [1.82, 2.24) is 0 Å². The van der Waals surface area contributed by atoms with Gasteiger partial charge < -0.3 is 10.5 Å². The molecule has 8 heteroatoms. The maximum absolute atomic E-state index is 11.1. The number of benzene rings is 3. The molecule has 0 fully saturated rings. The lowest BCUT2D eigenvalue weighted by molar-refractivity contribution is 0.445. The summed E-state index contributed by atoms with van der Waals surface area (Å²) in [6.45, 7) is 0. The first kappa shape index (κ1) is 18.0. The minimum atomic E-state index is -4.41. The number of hydrazine groups is 1. The van der Waals surface area contributed by atoms with Crippen molar-refractivity contribution in [2.75, 3.05) is 5.43 Å². The number of hydrogen-bond acceptors (Lipinski definition) is 5. The van der Waals surface area contributed by atoms with Gasteiger partial charge in [-0.3, -0.25) is 10.4 Å². The highest BCUT2D eigenvalue weighted by Gasteiger charge is 2.18. The predicted molar refractivity (Wildman–Crippen MR) is 94.7 cm³/mol. The van der Waals surface area contributed by atoms with Crippen LogP contribution in [-0.4, -0.2) is 18.1 Å². The second kappa shape index (κ2) is 7.50. The Morgan fingerprint density at radius 3 is 2.17 bits per heavy atom. The molecular formula is C16H15ClN2O4S. The van der Waals surface area contributed by atoms with Crippen LogP contribution < -0.4 is 11.3 Å². The molecule has 0 spiro atoms. The van der Waals surface area contributed by atoms with Crippen LogP contribution in [0.25, 0.3) is 10.8 Å². The summed E-state index contributed by atoms with van der Waals surface area (Å²) < 4.78 is 31.1. The van der Waals surface area contributed by atoms with E-state index in [1.54, 1.807) is 30.3 Å². The third-order valence-electron chi connectivity index (χ3n) is 3.15. The lowest BCUT2D eigenvalue weighted by Crippen LogP contribution is -2.06. The number of phenols is 1. The molecule has 0 saturated heterocycles. The van der Waals surface area contributed by atoms with Crippen molar-refractivity contribution < 1.29 is 18.1 Å². The number of para-hydroxylation sites is 1. The van der Waals surface area contributed by atoms with Gasteiger partial charge in [-0.2, -0.15) is 8.42 Å². The molecule has 0 atom stereocenters. The number of nitrogens with one attached hydrogen (secondary N) is 1. The fraction of sp³-hybridized carbons (Fsp3) is 0. The van der Waals surface area contributed by atoms with Gasteiger partial charge in [0, 0.05) is 5.39 Å². The first-order valence-electron chi connectivity index (χ1n) is 6.74. The van der Waals surface area contributed by atoms with Gasteiger partial charge in [0.2, 0.25) is 0 Å². The molecular weight excluding hydrogens is 352 g/mol. The first-order valence-corrected chi connectivity index (χ1v) is 8.55. The van der Waals surface area contributed by atoms with E-state index in [1.807, 2.05) is 18.2 Å². The first-order chi connectivity index (χ1) is 11.3. The Morgan fingerprint density at radius 2 is 1.58 bits per heavy atom. The highest BCUT2D eigenvalue weighted by molar-refractivity contribution is 7.86. The molecule has 0 amide bonds. The Labute approximate surface area is 144 Å². The molecule has 0 aromatic heterocycles. The Kier molecular flexibility index (Phi) is 5.63. The molecule has 0 saturated carbocycles. The van der Waals surface area contributed by atoms with Crippen LogP contribution in [0.2, 0.25) is 5.02 Å². The quantitative estimate of drug-likeness (QED) is 0.314. The summed E-state index contributed by atoms with van der Waals surface area (Å²) in [5.41, 5.74) is 3.21. The summed E-state index contributed by atoms with van der Waals surface area (Å²) in [5.74, 6) is 4.67. The van der Waals surface area contributed by atoms with Crippen LogP contribution in [0.1, 0.15) is 0 Å². The van der Waals surface area contributed by atoms with Crippen molar-refractivity contribution in [2.45, 2.75) is 4.90 Å². The van der Waals surface area contributed by atoms with E-state index in [9.17, 15) is 13.5 Å². The maximum Gasteiger partial charge on any atom is 0.298 e. The molecule has 0 aliphatic heterocycles. The molecule has 24 heavy (non-hydrogen) atoms. The third kappa shape index (κ3) is 4.15. The van der Waals surface area contributed by atoms with Gasteiger partial charge in [0.1, 0.15) is 10.6 Å². The van der Waals surface area contributed by atoms with E-state index in [0.29, 0.717) is 15.8 Å². The highest BCUT2D eigenvalue weighted by atomic mass is 35.5. The van der Waals surface area contributed by atoms with E-state index >= 15 is 0 Å². The number of nitrogens with two attached hydrogens (primary N) is 1. The van der Waals surface area contributed by atoms with Crippen LogP contribution in [0.15, 0.2) is 65.6 Å². The molecule has 3 aromatic carbocycles. The minimum absolute atomic E-state index is 0.306. The third-order valence-corrected chi connectivity index (χ3v) is 4.42. The average molecular weight is 367 g/mol. The van der Waals surface area contributed by atoms with Gasteiger partial charge >= 0.3 is 0 Å². The molecule has 0 aliphatic carbocycles. The van der Waals surface area contributed by atoms with Crippen LogP contribution in [0.4, 0.5) is 5.69 Å². The number of rotatable bonds is 2. The van der Waals surface area contributed by atoms with Crippen molar-refractivity contribution >= 4 is 38.2 Å². The van der Waals surface area contributed by atoms with Crippen molar-refractivity contribution in [3.8, 4) is 5.75 Å². The summed E-state index contributed by atoms with van der Waals surface area (Å²) in [5, 5.41) is 11.0. The van der Waals surface area contributed by atoms with E-state index in [2.05, 4.69) is 5.43 Å². The maximum atomic E-state index is 11.1. The molecule has 0 aliphatic rings. The number of hydrogen-bond donors (Lipinski definition) is 4. The zero-order valence-electron chi connectivity index (χ0n) is 12.3. The monoisotopic (exact) mass is 366 g/mol. The molecule has 0 radical (unpaired) electrons. The van der Waals surface area contributed by atoms with Gasteiger partial charge in [0.15, 0.2) is 0 Å². The summed E-state index contributed by atoms with van der Waals surface area (Å²) in [6.07, 6.45) is 0. The van der Waals surface area contributed by atoms with E-state index in [-0.39, 0.29) is 0 Å². The summed E-state index contributed by atoms with van der Waals surface area (Å²) in [6, 6.07) is 16.7. The SMILES string of the molecule is NNc1ccccc1Cl.O=S(=O)(O)c1c(O)ccc2ccccc12. The topological polar surface area (TPSA) is 113 Å². The van der Waals surface area contributed by atoms with Gasteiger partial charge in [-0.05, 0) is 23.6 Å². The molecule has 126 valence electrons. The molecule has 0 bridgehead atoms. The van der Waals surface area contributed by atoms with Gasteiger partial charge in [0.25, 0.3) is 10.1 Å². The largest absolute Gasteiger partial charge is 0.506 e. The number of anilines is 1. The molecule has 3 aromatic rings. The van der Waals surface area contributed by atoms with E-state index in [1.165, 1.54) is 12.1 Å². The Balaban J connectivity index is 0.000000198. The van der Waals surface area contributed by atoms with Crippen LogP contribution in [0.3, 0.4) is 0 Å². The number of nitrogen functional groups attached to an aromatic ring is 1. The van der Waals surface area contributed by atoms with Crippen LogP contribution in [0.5, 0.6) is 5.75 Å². The average Bonchev–Trinajstić information content (AvgIpc) is 2.54. The van der Waals surface area contributed by atoms with Gasteiger partial charge in [-0.1, -0.05) is 54.1 Å². The zero-order valence-corrected chi connectivity index (χ0v) is 13.9.